The normalized spacial score (nSPS) is 24.0. The Balaban J connectivity index is 1.23. The van der Waals surface area contributed by atoms with Crippen LogP contribution in [0.4, 0.5) is 13.6 Å². The summed E-state index contributed by atoms with van der Waals surface area (Å²) < 4.78 is 68.4. The molecule has 0 radical (unpaired) electrons. The summed E-state index contributed by atoms with van der Waals surface area (Å²) in [6.07, 6.45) is 2.89. The van der Waals surface area contributed by atoms with Gasteiger partial charge in [-0.05, 0) is 73.3 Å². The van der Waals surface area contributed by atoms with Gasteiger partial charge in [0.15, 0.2) is 0 Å². The molecule has 0 aromatic heterocycles. The summed E-state index contributed by atoms with van der Waals surface area (Å²) in [6.45, 7) is -0.0518. The second-order valence-corrected chi connectivity index (χ2v) is 12.5. The summed E-state index contributed by atoms with van der Waals surface area (Å²) in [5.41, 5.74) is 0.926. The van der Waals surface area contributed by atoms with Gasteiger partial charge in [0.25, 0.3) is 0 Å². The predicted molar refractivity (Wildman–Crippen MR) is 139 cm³/mol. The molecule has 0 N–H and O–H groups in total. The Morgan fingerprint density at radius 3 is 2.26 bits per heavy atom. The molecule has 1 unspecified atom stereocenters. The maximum Gasteiger partial charge on any atom is 0.410 e. The first-order chi connectivity index (χ1) is 18.8. The minimum absolute atomic E-state index is 0.0123. The Bertz CT molecular complexity index is 1190. The van der Waals surface area contributed by atoms with Crippen molar-refractivity contribution in [2.45, 2.75) is 49.8 Å². The molecule has 0 spiro atoms. The Labute approximate surface area is 227 Å². The topological polar surface area (TPSA) is 85.4 Å². The second-order valence-electron chi connectivity index (χ2n) is 10.6. The van der Waals surface area contributed by atoms with Gasteiger partial charge in [-0.2, -0.15) is 13.1 Å². The Hall–Kier alpha value is -2.76. The van der Waals surface area contributed by atoms with Crippen LogP contribution in [0.15, 0.2) is 59.5 Å². The van der Waals surface area contributed by atoms with Crippen molar-refractivity contribution in [3.63, 3.8) is 0 Å². The number of carbonyl (C=O) groups excluding carboxylic acids is 1. The lowest BCUT2D eigenvalue weighted by atomic mass is 9.98. The van der Waals surface area contributed by atoms with Gasteiger partial charge in [-0.3, -0.25) is 0 Å². The molecular formula is C28H34F2N2O6S. The number of sulfonamides is 1. The molecule has 8 nitrogen and oxygen atoms in total. The fourth-order valence-electron chi connectivity index (χ4n) is 6.00. The largest absolute Gasteiger partial charge is 0.445 e. The average molecular weight is 565 g/mol. The number of hydrogen-bond donors (Lipinski definition) is 0. The van der Waals surface area contributed by atoms with E-state index in [0.717, 1.165) is 18.4 Å². The third kappa shape index (κ3) is 6.70. The first-order valence-corrected chi connectivity index (χ1v) is 14.8. The van der Waals surface area contributed by atoms with Crippen LogP contribution in [0.1, 0.15) is 31.2 Å². The summed E-state index contributed by atoms with van der Waals surface area (Å²) in [7, 11) is -3.77. The summed E-state index contributed by atoms with van der Waals surface area (Å²) in [5.74, 6) is 0.516. The standard InChI is InChI=1S/C28H34F2N2O6S/c29-27(30)38-25-6-8-26(9-7-25)39(34,35)31-17-22-14-24(15-23(22)18-31)32(16-20-10-12-36-13-11-20)28(33)37-19-21-4-2-1-3-5-21/h1-9,20,22-24,27H,10-19H2/t22-,23+,24?. The molecule has 11 heteroatoms. The van der Waals surface area contributed by atoms with Gasteiger partial charge >= 0.3 is 12.7 Å². The third-order valence-electron chi connectivity index (χ3n) is 8.06. The van der Waals surface area contributed by atoms with E-state index in [1.54, 1.807) is 0 Å². The highest BCUT2D eigenvalue weighted by atomic mass is 32.2. The van der Waals surface area contributed by atoms with Gasteiger partial charge in [0, 0.05) is 38.9 Å². The number of rotatable bonds is 9. The van der Waals surface area contributed by atoms with Crippen molar-refractivity contribution in [2.24, 2.45) is 17.8 Å². The fourth-order valence-corrected chi connectivity index (χ4v) is 7.55. The summed E-state index contributed by atoms with van der Waals surface area (Å²) in [4.78, 5) is 15.2. The number of alkyl halides is 2. The van der Waals surface area contributed by atoms with Crippen molar-refractivity contribution < 1.29 is 36.2 Å². The number of ether oxygens (including phenoxy) is 3. The maximum atomic E-state index is 13.3. The van der Waals surface area contributed by atoms with Gasteiger partial charge in [-0.25, -0.2) is 13.2 Å². The highest BCUT2D eigenvalue weighted by Gasteiger charge is 2.47. The lowest BCUT2D eigenvalue weighted by molar-refractivity contribution is -0.0498. The van der Waals surface area contributed by atoms with Crippen LogP contribution in [0, 0.1) is 17.8 Å². The lowest BCUT2D eigenvalue weighted by Gasteiger charge is -2.34. The van der Waals surface area contributed by atoms with Crippen molar-refractivity contribution in [1.29, 1.82) is 0 Å². The van der Waals surface area contributed by atoms with Gasteiger partial charge in [-0.15, -0.1) is 0 Å². The zero-order valence-electron chi connectivity index (χ0n) is 21.7. The van der Waals surface area contributed by atoms with Gasteiger partial charge < -0.3 is 19.1 Å². The molecule has 3 aliphatic rings. The van der Waals surface area contributed by atoms with Gasteiger partial charge in [-0.1, -0.05) is 30.3 Å². The number of hydrogen-bond acceptors (Lipinski definition) is 6. The van der Waals surface area contributed by atoms with Crippen molar-refractivity contribution in [2.75, 3.05) is 32.8 Å². The molecule has 5 rings (SSSR count). The van der Waals surface area contributed by atoms with Crippen LogP contribution < -0.4 is 4.74 Å². The van der Waals surface area contributed by atoms with Crippen LogP contribution >= 0.6 is 0 Å². The summed E-state index contributed by atoms with van der Waals surface area (Å²) in [6, 6.07) is 14.6. The number of benzene rings is 2. The highest BCUT2D eigenvalue weighted by Crippen LogP contribution is 2.42. The average Bonchev–Trinajstić information content (AvgIpc) is 3.52. The predicted octanol–water partition coefficient (Wildman–Crippen LogP) is 4.75. The molecule has 2 saturated heterocycles. The molecule has 2 heterocycles. The zero-order valence-corrected chi connectivity index (χ0v) is 22.5. The van der Waals surface area contributed by atoms with Crippen LogP contribution in [0.3, 0.4) is 0 Å². The molecule has 1 amide bonds. The molecule has 2 aliphatic heterocycles. The first kappa shape index (κ1) is 27.8. The molecule has 2 aromatic rings. The van der Waals surface area contributed by atoms with Crippen LogP contribution in [-0.2, 0) is 26.1 Å². The van der Waals surface area contributed by atoms with Crippen LogP contribution in [0.2, 0.25) is 0 Å². The Morgan fingerprint density at radius 1 is 1.00 bits per heavy atom. The lowest BCUT2D eigenvalue weighted by Crippen LogP contribution is -2.44. The van der Waals surface area contributed by atoms with Crippen molar-refractivity contribution in [3.05, 3.63) is 60.2 Å². The molecule has 2 aromatic carbocycles. The van der Waals surface area contributed by atoms with Gasteiger partial charge in [0.05, 0.1) is 4.90 Å². The molecule has 1 saturated carbocycles. The SMILES string of the molecule is O=C(OCc1ccccc1)N(CC1CCOCC1)C1C[C@@H]2CN(S(=O)(=O)c3ccc(OC(F)F)cc3)C[C@@H]2C1. The summed E-state index contributed by atoms with van der Waals surface area (Å²) in [5, 5.41) is 0. The molecule has 0 bridgehead atoms. The van der Waals surface area contributed by atoms with E-state index in [1.807, 2.05) is 35.2 Å². The zero-order chi connectivity index (χ0) is 27.4. The number of amides is 1. The second kappa shape index (κ2) is 12.2. The van der Waals surface area contributed by atoms with E-state index in [1.165, 1.54) is 28.6 Å². The Kier molecular flexibility index (Phi) is 8.68. The van der Waals surface area contributed by atoms with Gasteiger partial charge in [0.2, 0.25) is 10.0 Å². The van der Waals surface area contributed by atoms with Crippen molar-refractivity contribution in [3.8, 4) is 5.75 Å². The fraction of sp³-hybridized carbons (Fsp3) is 0.536. The molecular weight excluding hydrogens is 530 g/mol. The van der Waals surface area contributed by atoms with E-state index in [9.17, 15) is 22.0 Å². The molecule has 1 aliphatic carbocycles. The molecule has 3 atom stereocenters. The van der Waals surface area contributed by atoms with Crippen molar-refractivity contribution >= 4 is 16.1 Å². The van der Waals surface area contributed by atoms with E-state index >= 15 is 0 Å². The van der Waals surface area contributed by atoms with Crippen LogP contribution in [0.5, 0.6) is 5.75 Å². The maximum absolute atomic E-state index is 13.3. The third-order valence-corrected chi connectivity index (χ3v) is 9.90. The van der Waals surface area contributed by atoms with E-state index in [4.69, 9.17) is 9.47 Å². The van der Waals surface area contributed by atoms with E-state index in [0.29, 0.717) is 51.6 Å². The molecule has 39 heavy (non-hydrogen) atoms. The smallest absolute Gasteiger partial charge is 0.410 e. The van der Waals surface area contributed by atoms with E-state index < -0.39 is 16.6 Å². The number of fused-ring (bicyclic) bond motifs is 1. The van der Waals surface area contributed by atoms with E-state index in [2.05, 4.69) is 4.74 Å². The quantitative estimate of drug-likeness (QED) is 0.437. The minimum atomic E-state index is -3.77. The van der Waals surface area contributed by atoms with Crippen LogP contribution in [0.25, 0.3) is 0 Å². The van der Waals surface area contributed by atoms with E-state index in [-0.39, 0.29) is 41.2 Å². The minimum Gasteiger partial charge on any atom is -0.445 e. The molecule has 212 valence electrons. The van der Waals surface area contributed by atoms with Crippen LogP contribution in [-0.4, -0.2) is 69.2 Å². The Morgan fingerprint density at radius 2 is 1.64 bits per heavy atom. The monoisotopic (exact) mass is 564 g/mol. The number of nitrogens with zero attached hydrogens (tertiary/aromatic N) is 2. The number of carbonyl (C=O) groups is 1. The number of halogens is 2. The highest BCUT2D eigenvalue weighted by molar-refractivity contribution is 7.89. The molecule has 3 fully saturated rings. The van der Waals surface area contributed by atoms with Gasteiger partial charge in [0.1, 0.15) is 12.4 Å². The van der Waals surface area contributed by atoms with Crippen molar-refractivity contribution in [1.82, 2.24) is 9.21 Å². The first-order valence-electron chi connectivity index (χ1n) is 13.4. The summed E-state index contributed by atoms with van der Waals surface area (Å²) >= 11 is 0.